The van der Waals surface area contributed by atoms with Crippen LogP contribution >= 0.6 is 0 Å². The van der Waals surface area contributed by atoms with E-state index in [9.17, 15) is 4.11 Å². The van der Waals surface area contributed by atoms with Crippen LogP contribution in [0.2, 0.25) is 12.1 Å². The SMILES string of the molecule is COc1ccc([Si]2(F)CCC2)cc1. The normalized spacial score (nSPS) is 19.2. The van der Waals surface area contributed by atoms with Gasteiger partial charge in [-0.15, -0.1) is 0 Å². The van der Waals surface area contributed by atoms with Crippen molar-refractivity contribution in [3.63, 3.8) is 0 Å². The van der Waals surface area contributed by atoms with Crippen LogP contribution in [0.1, 0.15) is 6.42 Å². The van der Waals surface area contributed by atoms with Gasteiger partial charge in [-0.1, -0.05) is 18.6 Å². The van der Waals surface area contributed by atoms with Gasteiger partial charge in [0.05, 0.1) is 7.11 Å². The molecule has 13 heavy (non-hydrogen) atoms. The fourth-order valence-corrected chi connectivity index (χ4v) is 3.98. The van der Waals surface area contributed by atoms with E-state index in [4.69, 9.17) is 4.74 Å². The Morgan fingerprint density at radius 2 is 1.85 bits per heavy atom. The zero-order valence-corrected chi connectivity index (χ0v) is 8.72. The van der Waals surface area contributed by atoms with Crippen molar-refractivity contribution in [2.45, 2.75) is 18.5 Å². The minimum atomic E-state index is -2.46. The molecule has 1 fully saturated rings. The highest BCUT2D eigenvalue weighted by Crippen LogP contribution is 2.33. The largest absolute Gasteiger partial charge is 0.497 e. The molecule has 0 unspecified atom stereocenters. The van der Waals surface area contributed by atoms with Gasteiger partial charge in [0, 0.05) is 0 Å². The summed E-state index contributed by atoms with van der Waals surface area (Å²) in [5, 5.41) is 0.930. The summed E-state index contributed by atoms with van der Waals surface area (Å²) in [5.74, 6) is 0.806. The average Bonchev–Trinajstić information content (AvgIpc) is 2.14. The van der Waals surface area contributed by atoms with Crippen LogP contribution < -0.4 is 9.92 Å². The van der Waals surface area contributed by atoms with Crippen LogP contribution in [0, 0.1) is 0 Å². The molecule has 1 aromatic rings. The lowest BCUT2D eigenvalue weighted by Gasteiger charge is -2.31. The van der Waals surface area contributed by atoms with Crippen molar-refractivity contribution in [3.8, 4) is 5.75 Å². The Morgan fingerprint density at radius 3 is 2.23 bits per heavy atom. The molecule has 0 aromatic heterocycles. The van der Waals surface area contributed by atoms with Crippen molar-refractivity contribution in [2.75, 3.05) is 7.11 Å². The van der Waals surface area contributed by atoms with Crippen molar-refractivity contribution in [1.29, 1.82) is 0 Å². The lowest BCUT2D eigenvalue weighted by atomic mass is 10.3. The topological polar surface area (TPSA) is 9.23 Å². The molecule has 3 heteroatoms. The first-order valence-corrected chi connectivity index (χ1v) is 6.87. The van der Waals surface area contributed by atoms with E-state index in [0.29, 0.717) is 0 Å². The minimum absolute atomic E-state index is 0.805. The molecule has 1 saturated heterocycles. The summed E-state index contributed by atoms with van der Waals surface area (Å²) < 4.78 is 19.0. The van der Waals surface area contributed by atoms with Crippen LogP contribution in [-0.4, -0.2) is 15.5 Å². The Kier molecular flexibility index (Phi) is 2.12. The molecule has 1 aromatic carbocycles. The number of ether oxygens (including phenoxy) is 1. The van der Waals surface area contributed by atoms with Gasteiger partial charge < -0.3 is 8.84 Å². The Balaban J connectivity index is 2.22. The first-order valence-electron chi connectivity index (χ1n) is 4.58. The zero-order chi connectivity index (χ0) is 9.31. The van der Waals surface area contributed by atoms with Gasteiger partial charge in [0.2, 0.25) is 0 Å². The summed E-state index contributed by atoms with van der Waals surface area (Å²) in [6.45, 7) is 0. The van der Waals surface area contributed by atoms with Gasteiger partial charge in [-0.05, 0) is 29.4 Å². The summed E-state index contributed by atoms with van der Waals surface area (Å²) in [5.41, 5.74) is 0. The number of hydrogen-bond donors (Lipinski definition) is 0. The Bertz CT molecular complexity index is 292. The van der Waals surface area contributed by atoms with Gasteiger partial charge in [0.1, 0.15) is 5.75 Å². The van der Waals surface area contributed by atoms with Crippen LogP contribution in [0.3, 0.4) is 0 Å². The first-order chi connectivity index (χ1) is 6.24. The predicted molar refractivity (Wildman–Crippen MR) is 53.7 cm³/mol. The monoisotopic (exact) mass is 196 g/mol. The summed E-state index contributed by atoms with van der Waals surface area (Å²) in [7, 11) is -0.838. The Hall–Kier alpha value is -0.833. The summed E-state index contributed by atoms with van der Waals surface area (Å²) in [6, 6.07) is 9.07. The molecule has 0 amide bonds. The number of rotatable bonds is 2. The van der Waals surface area contributed by atoms with E-state index in [-0.39, 0.29) is 0 Å². The lowest BCUT2D eigenvalue weighted by Crippen LogP contribution is -2.48. The fourth-order valence-electron chi connectivity index (χ4n) is 1.67. The molecule has 1 aliphatic rings. The molecule has 1 nitrogen and oxygen atoms in total. The number of benzene rings is 1. The van der Waals surface area contributed by atoms with E-state index >= 15 is 0 Å². The second kappa shape index (κ2) is 3.14. The van der Waals surface area contributed by atoms with Gasteiger partial charge in [-0.2, -0.15) is 0 Å². The van der Waals surface area contributed by atoms with E-state index in [1.165, 1.54) is 0 Å². The molecule has 0 spiro atoms. The summed E-state index contributed by atoms with van der Waals surface area (Å²) in [6.07, 6.45) is 1.06. The highest BCUT2D eigenvalue weighted by atomic mass is 28.4. The first kappa shape index (κ1) is 8.75. The highest BCUT2D eigenvalue weighted by Gasteiger charge is 2.42. The van der Waals surface area contributed by atoms with Crippen LogP contribution in [-0.2, 0) is 0 Å². The Morgan fingerprint density at radius 1 is 1.23 bits per heavy atom. The Labute approximate surface area is 78.7 Å². The van der Waals surface area contributed by atoms with Gasteiger partial charge in [0.15, 0.2) is 0 Å². The van der Waals surface area contributed by atoms with Crippen LogP contribution in [0.5, 0.6) is 5.75 Å². The maximum Gasteiger partial charge on any atom is 0.277 e. The molecule has 0 bridgehead atoms. The smallest absolute Gasteiger partial charge is 0.277 e. The van der Waals surface area contributed by atoms with Crippen LogP contribution in [0.15, 0.2) is 24.3 Å². The van der Waals surface area contributed by atoms with Gasteiger partial charge in [0.25, 0.3) is 8.41 Å². The van der Waals surface area contributed by atoms with E-state index < -0.39 is 8.41 Å². The second-order valence-electron chi connectivity index (χ2n) is 3.55. The van der Waals surface area contributed by atoms with E-state index in [0.717, 1.165) is 29.4 Å². The third-order valence-corrected chi connectivity index (χ3v) is 6.41. The van der Waals surface area contributed by atoms with Gasteiger partial charge in [-0.3, -0.25) is 0 Å². The van der Waals surface area contributed by atoms with Crippen molar-refractivity contribution in [1.82, 2.24) is 0 Å². The zero-order valence-electron chi connectivity index (χ0n) is 7.72. The molecule has 70 valence electrons. The number of halogens is 1. The molecular formula is C10H13FOSi. The molecule has 0 aliphatic carbocycles. The maximum atomic E-state index is 14.0. The number of methoxy groups -OCH3 is 1. The average molecular weight is 196 g/mol. The van der Waals surface area contributed by atoms with Crippen LogP contribution in [0.25, 0.3) is 0 Å². The molecule has 2 rings (SSSR count). The van der Waals surface area contributed by atoms with Crippen LogP contribution in [0.4, 0.5) is 4.11 Å². The molecule has 0 radical (unpaired) electrons. The van der Waals surface area contributed by atoms with Gasteiger partial charge >= 0.3 is 0 Å². The molecule has 1 heterocycles. The molecule has 0 saturated carbocycles. The molecule has 0 atom stereocenters. The molecule has 1 aliphatic heterocycles. The lowest BCUT2D eigenvalue weighted by molar-refractivity contribution is 0.415. The van der Waals surface area contributed by atoms with E-state index in [1.54, 1.807) is 7.11 Å². The van der Waals surface area contributed by atoms with Crippen molar-refractivity contribution >= 4 is 13.6 Å². The third-order valence-electron chi connectivity index (χ3n) is 2.75. The fraction of sp³-hybridized carbons (Fsp3) is 0.400. The quantitative estimate of drug-likeness (QED) is 0.520. The summed E-state index contributed by atoms with van der Waals surface area (Å²) in [4.78, 5) is 0. The minimum Gasteiger partial charge on any atom is -0.497 e. The predicted octanol–water partition coefficient (Wildman–Crippen LogP) is 2.22. The van der Waals surface area contributed by atoms with Gasteiger partial charge in [-0.25, -0.2) is 0 Å². The third kappa shape index (κ3) is 1.48. The summed E-state index contributed by atoms with van der Waals surface area (Å²) >= 11 is 0. The van der Waals surface area contributed by atoms with Crippen molar-refractivity contribution in [3.05, 3.63) is 24.3 Å². The molecular weight excluding hydrogens is 183 g/mol. The van der Waals surface area contributed by atoms with E-state index in [1.807, 2.05) is 24.3 Å². The van der Waals surface area contributed by atoms with Crippen molar-refractivity contribution < 1.29 is 8.84 Å². The van der Waals surface area contributed by atoms with Crippen molar-refractivity contribution in [2.24, 2.45) is 0 Å². The van der Waals surface area contributed by atoms with E-state index in [2.05, 4.69) is 0 Å². The standard InChI is InChI=1S/C10H13FOSi/c1-12-9-3-5-10(6-4-9)13(11)7-2-8-13/h3-6H,2,7-8H2,1H3. The highest BCUT2D eigenvalue weighted by molar-refractivity contribution is 6.88. The number of hydrogen-bond acceptors (Lipinski definition) is 1. The molecule has 0 N–H and O–H groups in total. The maximum absolute atomic E-state index is 14.0. The second-order valence-corrected chi connectivity index (χ2v) is 7.06.